The molecule has 0 radical (unpaired) electrons. The molecule has 1 N–H and O–H groups in total. The number of nitrogens with one attached hydrogen (secondary N) is 1. The lowest BCUT2D eigenvalue weighted by Gasteiger charge is -2.56. The van der Waals surface area contributed by atoms with Gasteiger partial charge in [-0.1, -0.05) is 0 Å². The highest BCUT2D eigenvalue weighted by atomic mass is 16.6. The first-order valence-corrected chi connectivity index (χ1v) is 10.9. The summed E-state index contributed by atoms with van der Waals surface area (Å²) in [6, 6.07) is 5.93. The Kier molecular flexibility index (Phi) is 4.58. The topological polar surface area (TPSA) is 100 Å². The number of rotatable bonds is 2. The minimum Gasteiger partial charge on any atom is -0.444 e. The van der Waals surface area contributed by atoms with Crippen molar-refractivity contribution in [2.75, 3.05) is 29.4 Å². The van der Waals surface area contributed by atoms with Gasteiger partial charge in [0.15, 0.2) is 5.82 Å². The zero-order chi connectivity index (χ0) is 22.8. The molecule has 1 aromatic heterocycles. The number of benzene rings is 1. The molecule has 2 bridgehead atoms. The molecule has 32 heavy (non-hydrogen) atoms. The van der Waals surface area contributed by atoms with E-state index in [2.05, 4.69) is 21.4 Å². The SMILES string of the molecule is Cn1nc(N2CCC(=O)NC2=O)c2ccc(N3CC4CC(C3)N4C(=O)OC(C)(C)C)cc21. The Balaban J connectivity index is 1.35. The largest absolute Gasteiger partial charge is 0.444 e. The molecular weight excluding hydrogens is 412 g/mol. The van der Waals surface area contributed by atoms with Gasteiger partial charge in [0.1, 0.15) is 5.60 Å². The van der Waals surface area contributed by atoms with E-state index in [9.17, 15) is 14.4 Å². The number of carbonyl (C=O) groups excluding carboxylic acids is 3. The fourth-order valence-corrected chi connectivity index (χ4v) is 4.82. The van der Waals surface area contributed by atoms with Crippen LogP contribution in [0, 0.1) is 0 Å². The van der Waals surface area contributed by atoms with Crippen molar-refractivity contribution >= 4 is 40.4 Å². The number of anilines is 2. The number of ether oxygens (including phenoxy) is 1. The highest BCUT2D eigenvalue weighted by Crippen LogP contribution is 2.37. The van der Waals surface area contributed by atoms with Crippen LogP contribution in [0.15, 0.2) is 18.2 Å². The predicted octanol–water partition coefficient (Wildman–Crippen LogP) is 2.22. The van der Waals surface area contributed by atoms with Crippen LogP contribution in [0.3, 0.4) is 0 Å². The van der Waals surface area contributed by atoms with Crippen LogP contribution in [0.1, 0.15) is 33.6 Å². The Hall–Kier alpha value is -3.30. The van der Waals surface area contributed by atoms with E-state index in [0.29, 0.717) is 12.4 Å². The Labute approximate surface area is 186 Å². The third-order valence-corrected chi connectivity index (χ3v) is 6.29. The number of piperidine rings is 1. The van der Waals surface area contributed by atoms with E-state index in [0.717, 1.165) is 36.1 Å². The van der Waals surface area contributed by atoms with Gasteiger partial charge in [-0.05, 0) is 45.4 Å². The molecule has 0 spiro atoms. The van der Waals surface area contributed by atoms with E-state index in [1.165, 1.54) is 4.90 Å². The average Bonchev–Trinajstić information content (AvgIpc) is 3.02. The van der Waals surface area contributed by atoms with Gasteiger partial charge in [0.2, 0.25) is 5.91 Å². The van der Waals surface area contributed by atoms with E-state index < -0.39 is 11.6 Å². The number of aryl methyl sites for hydroxylation is 1. The van der Waals surface area contributed by atoms with Crippen LogP contribution in [-0.2, 0) is 16.6 Å². The summed E-state index contributed by atoms with van der Waals surface area (Å²) < 4.78 is 7.33. The molecule has 4 aliphatic rings. The maximum atomic E-state index is 12.5. The van der Waals surface area contributed by atoms with Crippen LogP contribution < -0.4 is 15.1 Å². The van der Waals surface area contributed by atoms with Gasteiger partial charge in [0, 0.05) is 44.2 Å². The van der Waals surface area contributed by atoms with Crippen molar-refractivity contribution in [3.8, 4) is 0 Å². The molecule has 4 aliphatic heterocycles. The van der Waals surface area contributed by atoms with Gasteiger partial charge in [0.05, 0.1) is 17.6 Å². The highest BCUT2D eigenvalue weighted by molar-refractivity contribution is 6.09. The van der Waals surface area contributed by atoms with E-state index in [1.54, 1.807) is 4.68 Å². The summed E-state index contributed by atoms with van der Waals surface area (Å²) in [5.41, 5.74) is 1.47. The molecule has 2 unspecified atom stereocenters. The Morgan fingerprint density at radius 1 is 1.19 bits per heavy atom. The number of urea groups is 1. The van der Waals surface area contributed by atoms with Crippen molar-refractivity contribution in [1.29, 1.82) is 0 Å². The number of nitrogens with zero attached hydrogens (tertiary/aromatic N) is 5. The lowest BCUT2D eigenvalue weighted by atomic mass is 9.87. The van der Waals surface area contributed by atoms with Crippen LogP contribution in [0.4, 0.5) is 21.1 Å². The summed E-state index contributed by atoms with van der Waals surface area (Å²) in [6.07, 6.45) is 1.02. The Bertz CT molecular complexity index is 1110. The molecule has 10 nitrogen and oxygen atoms in total. The van der Waals surface area contributed by atoms with Gasteiger partial charge in [-0.3, -0.25) is 24.6 Å². The molecule has 170 valence electrons. The molecule has 4 amide bonds. The van der Waals surface area contributed by atoms with Gasteiger partial charge in [-0.25, -0.2) is 9.59 Å². The number of aromatic nitrogens is 2. The minimum atomic E-state index is -0.499. The number of carbonyl (C=O) groups is 3. The number of amides is 4. The van der Waals surface area contributed by atoms with Gasteiger partial charge in [0.25, 0.3) is 0 Å². The second-order valence-corrected chi connectivity index (χ2v) is 9.74. The van der Waals surface area contributed by atoms with Crippen LogP contribution in [0.25, 0.3) is 10.9 Å². The zero-order valence-corrected chi connectivity index (χ0v) is 18.8. The van der Waals surface area contributed by atoms with E-state index >= 15 is 0 Å². The highest BCUT2D eigenvalue weighted by Gasteiger charge is 2.48. The van der Waals surface area contributed by atoms with Crippen molar-refractivity contribution in [2.24, 2.45) is 7.05 Å². The Morgan fingerprint density at radius 3 is 2.56 bits per heavy atom. The van der Waals surface area contributed by atoms with Gasteiger partial charge < -0.3 is 9.64 Å². The maximum absolute atomic E-state index is 12.5. The van der Waals surface area contributed by atoms with E-state index in [-0.39, 0.29) is 30.5 Å². The fraction of sp³-hybridized carbons (Fsp3) is 0.545. The molecule has 5 heterocycles. The second kappa shape index (κ2) is 7.11. The summed E-state index contributed by atoms with van der Waals surface area (Å²) in [6.45, 7) is 7.47. The van der Waals surface area contributed by atoms with Crippen LogP contribution in [-0.4, -0.2) is 70.0 Å². The molecule has 2 atom stereocenters. The van der Waals surface area contributed by atoms with Crippen LogP contribution in [0.2, 0.25) is 0 Å². The average molecular weight is 441 g/mol. The molecule has 10 heteroatoms. The first kappa shape index (κ1) is 20.6. The lowest BCUT2D eigenvalue weighted by molar-refractivity contribution is -0.120. The fourth-order valence-electron chi connectivity index (χ4n) is 4.82. The molecule has 0 aliphatic carbocycles. The first-order chi connectivity index (χ1) is 15.1. The molecular formula is C22H28N6O4. The second-order valence-electron chi connectivity index (χ2n) is 9.74. The molecule has 2 aromatic rings. The number of piperazine rings is 1. The molecule has 4 fully saturated rings. The number of hydrogen-bond donors (Lipinski definition) is 1. The normalized spacial score (nSPS) is 23.3. The van der Waals surface area contributed by atoms with Crippen LogP contribution in [0.5, 0.6) is 0 Å². The Morgan fingerprint density at radius 2 is 1.91 bits per heavy atom. The molecule has 6 rings (SSSR count). The summed E-state index contributed by atoms with van der Waals surface area (Å²) in [4.78, 5) is 42.0. The number of fused-ring (bicyclic) bond motifs is 3. The van der Waals surface area contributed by atoms with Crippen molar-refractivity contribution < 1.29 is 19.1 Å². The monoisotopic (exact) mass is 440 g/mol. The zero-order valence-electron chi connectivity index (χ0n) is 18.8. The summed E-state index contributed by atoms with van der Waals surface area (Å²) >= 11 is 0. The summed E-state index contributed by atoms with van der Waals surface area (Å²) in [5, 5.41) is 7.76. The maximum Gasteiger partial charge on any atom is 0.410 e. The van der Waals surface area contributed by atoms with Crippen LogP contribution >= 0.6 is 0 Å². The van der Waals surface area contributed by atoms with Crippen molar-refractivity contribution in [3.63, 3.8) is 0 Å². The smallest absolute Gasteiger partial charge is 0.410 e. The van der Waals surface area contributed by atoms with Gasteiger partial charge in [-0.15, -0.1) is 0 Å². The quantitative estimate of drug-likeness (QED) is 0.769. The third-order valence-electron chi connectivity index (χ3n) is 6.29. The summed E-state index contributed by atoms with van der Waals surface area (Å²) in [7, 11) is 1.85. The molecule has 4 saturated heterocycles. The minimum absolute atomic E-state index is 0.149. The van der Waals surface area contributed by atoms with Gasteiger partial charge >= 0.3 is 12.1 Å². The van der Waals surface area contributed by atoms with Crippen molar-refractivity contribution in [3.05, 3.63) is 18.2 Å². The summed E-state index contributed by atoms with van der Waals surface area (Å²) in [5.74, 6) is 0.287. The standard InChI is InChI=1S/C22H28N6O4/c1-22(2,3)32-21(31)28-14-9-15(28)12-26(11-14)13-5-6-16-17(10-13)25(4)24-19(16)27-8-7-18(29)23-20(27)30/h5-6,10,14-15H,7-9,11-12H2,1-4H3,(H,23,29,30). The number of imide groups is 1. The molecule has 1 aromatic carbocycles. The third kappa shape index (κ3) is 3.43. The van der Waals surface area contributed by atoms with Gasteiger partial charge in [-0.2, -0.15) is 5.10 Å². The van der Waals surface area contributed by atoms with E-state index in [4.69, 9.17) is 4.74 Å². The first-order valence-electron chi connectivity index (χ1n) is 10.9. The lowest BCUT2D eigenvalue weighted by Crippen LogP contribution is -2.70. The van der Waals surface area contributed by atoms with Crippen molar-refractivity contribution in [2.45, 2.75) is 51.3 Å². The van der Waals surface area contributed by atoms with Crippen molar-refractivity contribution in [1.82, 2.24) is 20.0 Å². The predicted molar refractivity (Wildman–Crippen MR) is 119 cm³/mol. The number of hydrogen-bond acceptors (Lipinski definition) is 6. The molecule has 0 saturated carbocycles. The van der Waals surface area contributed by atoms with E-state index in [1.807, 2.05) is 44.9 Å².